The van der Waals surface area contributed by atoms with E-state index < -0.39 is 5.60 Å². The molecule has 0 saturated carbocycles. The van der Waals surface area contributed by atoms with E-state index in [2.05, 4.69) is 10.3 Å². The quantitative estimate of drug-likeness (QED) is 0.771. The summed E-state index contributed by atoms with van der Waals surface area (Å²) in [5.74, 6) is 0.643. The number of amides is 1. The Morgan fingerprint density at radius 2 is 2.10 bits per heavy atom. The number of hydrogen-bond acceptors (Lipinski definition) is 5. The fourth-order valence-corrected chi connectivity index (χ4v) is 2.62. The number of anilines is 1. The smallest absolute Gasteiger partial charge is 0.410 e. The highest BCUT2D eigenvalue weighted by Crippen LogP contribution is 2.20. The molecule has 1 N–H and O–H groups in total. The van der Waals surface area contributed by atoms with E-state index in [9.17, 15) is 9.59 Å². The van der Waals surface area contributed by atoms with Crippen LogP contribution in [-0.4, -0.2) is 39.2 Å². The maximum Gasteiger partial charge on any atom is 0.410 e. The molecule has 21 heavy (non-hydrogen) atoms. The Morgan fingerprint density at radius 3 is 2.81 bits per heavy atom. The minimum Gasteiger partial charge on any atom is -0.444 e. The zero-order chi connectivity index (χ0) is 15.2. The van der Waals surface area contributed by atoms with Crippen molar-refractivity contribution in [2.75, 3.05) is 18.4 Å². The largest absolute Gasteiger partial charge is 0.444 e. The molecule has 3 rings (SSSR count). The molecule has 7 heteroatoms. The van der Waals surface area contributed by atoms with E-state index in [1.54, 1.807) is 9.47 Å². The SMILES string of the molecule is CC(C)(C)OC(=O)N1CCc2nc3n(c(=O)c2C1)CCN3. The first-order valence-electron chi connectivity index (χ1n) is 7.19. The molecule has 1 aromatic heterocycles. The van der Waals surface area contributed by atoms with Crippen LogP contribution in [0.25, 0.3) is 0 Å². The van der Waals surface area contributed by atoms with Crippen molar-refractivity contribution in [3.63, 3.8) is 0 Å². The van der Waals surface area contributed by atoms with Crippen molar-refractivity contribution in [1.29, 1.82) is 0 Å². The van der Waals surface area contributed by atoms with Crippen LogP contribution in [0.5, 0.6) is 0 Å². The summed E-state index contributed by atoms with van der Waals surface area (Å²) in [4.78, 5) is 30.7. The Kier molecular flexibility index (Phi) is 3.15. The zero-order valence-corrected chi connectivity index (χ0v) is 12.6. The minimum absolute atomic E-state index is 0.0479. The maximum absolute atomic E-state index is 12.5. The maximum atomic E-state index is 12.5. The first-order chi connectivity index (χ1) is 9.85. The predicted molar refractivity (Wildman–Crippen MR) is 77.3 cm³/mol. The van der Waals surface area contributed by atoms with Gasteiger partial charge in [-0.25, -0.2) is 9.78 Å². The number of carbonyl (C=O) groups excluding carboxylic acids is 1. The fraction of sp³-hybridized carbons (Fsp3) is 0.643. The number of aromatic nitrogens is 2. The Balaban J connectivity index is 1.86. The van der Waals surface area contributed by atoms with Crippen LogP contribution in [0.4, 0.5) is 10.7 Å². The number of fused-ring (bicyclic) bond motifs is 2. The second kappa shape index (κ2) is 4.75. The molecule has 114 valence electrons. The molecule has 1 aromatic rings. The van der Waals surface area contributed by atoms with Gasteiger partial charge in [0, 0.05) is 26.1 Å². The molecule has 7 nitrogen and oxygen atoms in total. The van der Waals surface area contributed by atoms with Crippen molar-refractivity contribution in [1.82, 2.24) is 14.5 Å². The van der Waals surface area contributed by atoms with Crippen LogP contribution >= 0.6 is 0 Å². The van der Waals surface area contributed by atoms with Crippen molar-refractivity contribution in [3.8, 4) is 0 Å². The van der Waals surface area contributed by atoms with Gasteiger partial charge >= 0.3 is 6.09 Å². The number of carbonyl (C=O) groups is 1. The summed E-state index contributed by atoms with van der Waals surface area (Å²) >= 11 is 0. The average Bonchev–Trinajstić information content (AvgIpc) is 2.85. The summed E-state index contributed by atoms with van der Waals surface area (Å²) in [6.45, 7) is 7.64. The van der Waals surface area contributed by atoms with Crippen molar-refractivity contribution in [3.05, 3.63) is 21.6 Å². The molecule has 0 fully saturated rings. The lowest BCUT2D eigenvalue weighted by molar-refractivity contribution is 0.0221. The van der Waals surface area contributed by atoms with Crippen LogP contribution in [0.3, 0.4) is 0 Å². The number of hydrogen-bond donors (Lipinski definition) is 1. The van der Waals surface area contributed by atoms with Gasteiger partial charge < -0.3 is 15.0 Å². The summed E-state index contributed by atoms with van der Waals surface area (Å²) in [7, 11) is 0. The molecule has 0 atom stereocenters. The van der Waals surface area contributed by atoms with Crippen LogP contribution in [0.2, 0.25) is 0 Å². The molecule has 0 unspecified atom stereocenters. The summed E-state index contributed by atoms with van der Waals surface area (Å²) in [5.41, 5.74) is 0.820. The molecular formula is C14H20N4O3. The van der Waals surface area contributed by atoms with E-state index in [4.69, 9.17) is 4.74 Å². The molecule has 0 aromatic carbocycles. The van der Waals surface area contributed by atoms with Crippen LogP contribution < -0.4 is 10.9 Å². The molecule has 2 aliphatic rings. The van der Waals surface area contributed by atoms with Crippen LogP contribution in [0.15, 0.2) is 4.79 Å². The summed E-state index contributed by atoms with van der Waals surface area (Å²) in [6, 6.07) is 0. The van der Waals surface area contributed by atoms with Gasteiger partial charge in [-0.3, -0.25) is 9.36 Å². The second-order valence-corrected chi connectivity index (χ2v) is 6.40. The van der Waals surface area contributed by atoms with Gasteiger partial charge in [0.1, 0.15) is 5.60 Å². The summed E-state index contributed by atoms with van der Waals surface area (Å²) < 4.78 is 7.01. The third-order valence-corrected chi connectivity index (χ3v) is 3.59. The highest BCUT2D eigenvalue weighted by Gasteiger charge is 2.29. The van der Waals surface area contributed by atoms with E-state index in [1.807, 2.05) is 20.8 Å². The molecule has 0 spiro atoms. The molecular weight excluding hydrogens is 272 g/mol. The summed E-state index contributed by atoms with van der Waals surface area (Å²) in [6.07, 6.45) is 0.204. The molecule has 0 radical (unpaired) electrons. The molecule has 1 amide bonds. The number of ether oxygens (including phenoxy) is 1. The summed E-state index contributed by atoms with van der Waals surface area (Å²) in [5, 5.41) is 3.10. The predicted octanol–water partition coefficient (Wildman–Crippen LogP) is 0.962. The Morgan fingerprint density at radius 1 is 1.33 bits per heavy atom. The first-order valence-corrected chi connectivity index (χ1v) is 7.19. The first kappa shape index (κ1) is 13.9. The van der Waals surface area contributed by atoms with Crippen molar-refractivity contribution in [2.24, 2.45) is 0 Å². The fourth-order valence-electron chi connectivity index (χ4n) is 2.62. The van der Waals surface area contributed by atoms with Gasteiger partial charge in [0.05, 0.1) is 17.8 Å². The van der Waals surface area contributed by atoms with E-state index >= 15 is 0 Å². The van der Waals surface area contributed by atoms with E-state index in [1.165, 1.54) is 0 Å². The highest BCUT2D eigenvalue weighted by molar-refractivity contribution is 5.68. The number of rotatable bonds is 0. The normalized spacial score (nSPS) is 17.0. The lowest BCUT2D eigenvalue weighted by atomic mass is 10.1. The van der Waals surface area contributed by atoms with Crippen LogP contribution in [-0.2, 0) is 24.2 Å². The molecule has 3 heterocycles. The number of nitrogens with one attached hydrogen (secondary N) is 1. The third-order valence-electron chi connectivity index (χ3n) is 3.59. The Bertz CT molecular complexity index is 645. The van der Waals surface area contributed by atoms with Gasteiger partial charge in [-0.05, 0) is 20.8 Å². The Labute approximate surface area is 122 Å². The van der Waals surface area contributed by atoms with Gasteiger partial charge in [0.2, 0.25) is 5.95 Å². The van der Waals surface area contributed by atoms with E-state index in [0.717, 1.165) is 12.2 Å². The van der Waals surface area contributed by atoms with Crippen LogP contribution in [0, 0.1) is 0 Å². The molecule has 0 saturated heterocycles. The van der Waals surface area contributed by atoms with E-state index in [-0.39, 0.29) is 18.2 Å². The van der Waals surface area contributed by atoms with Gasteiger partial charge in [-0.1, -0.05) is 0 Å². The van der Waals surface area contributed by atoms with Crippen molar-refractivity contribution >= 4 is 12.0 Å². The van der Waals surface area contributed by atoms with Gasteiger partial charge in [-0.15, -0.1) is 0 Å². The minimum atomic E-state index is -0.535. The van der Waals surface area contributed by atoms with Gasteiger partial charge in [0.25, 0.3) is 5.56 Å². The van der Waals surface area contributed by atoms with Crippen molar-refractivity contribution < 1.29 is 9.53 Å². The third kappa shape index (κ3) is 2.59. The van der Waals surface area contributed by atoms with Crippen LogP contribution in [0.1, 0.15) is 32.0 Å². The van der Waals surface area contributed by atoms with Gasteiger partial charge in [0.15, 0.2) is 0 Å². The molecule has 0 bridgehead atoms. The second-order valence-electron chi connectivity index (χ2n) is 6.40. The van der Waals surface area contributed by atoms with Crippen molar-refractivity contribution in [2.45, 2.75) is 45.9 Å². The Hall–Kier alpha value is -2.05. The topological polar surface area (TPSA) is 76.5 Å². The lowest BCUT2D eigenvalue weighted by Gasteiger charge is -2.30. The molecule has 0 aliphatic carbocycles. The lowest BCUT2D eigenvalue weighted by Crippen LogP contribution is -2.43. The highest BCUT2D eigenvalue weighted by atomic mass is 16.6. The van der Waals surface area contributed by atoms with Gasteiger partial charge in [-0.2, -0.15) is 0 Å². The van der Waals surface area contributed by atoms with E-state index in [0.29, 0.717) is 31.0 Å². The number of nitrogens with zero attached hydrogens (tertiary/aromatic N) is 3. The monoisotopic (exact) mass is 292 g/mol. The molecule has 2 aliphatic heterocycles. The standard InChI is InChI=1S/C14H20N4O3/c1-14(2,3)21-13(20)17-6-4-10-9(8-17)11(19)18-7-5-15-12(18)16-10/h4-8H2,1-3H3,(H,15,16). The zero-order valence-electron chi connectivity index (χ0n) is 12.6. The average molecular weight is 292 g/mol.